The Bertz CT molecular complexity index is 634. The lowest BCUT2D eigenvalue weighted by Crippen LogP contribution is -2.26. The van der Waals surface area contributed by atoms with Gasteiger partial charge in [0.15, 0.2) is 5.82 Å². The zero-order valence-corrected chi connectivity index (χ0v) is 12.9. The molecule has 0 atom stereocenters. The first-order valence-corrected chi connectivity index (χ1v) is 8.33. The molecule has 1 fully saturated rings. The van der Waals surface area contributed by atoms with Gasteiger partial charge in [-0.25, -0.2) is 9.97 Å². The number of aromatic nitrogens is 2. The third-order valence-electron chi connectivity index (χ3n) is 3.72. The zero-order valence-electron chi connectivity index (χ0n) is 10.4. The highest BCUT2D eigenvalue weighted by molar-refractivity contribution is 9.10. The van der Waals surface area contributed by atoms with Crippen molar-refractivity contribution in [1.29, 1.82) is 0 Å². The van der Waals surface area contributed by atoms with E-state index in [2.05, 4.69) is 32.7 Å². The molecule has 98 valence electrons. The Balaban J connectivity index is 1.85. The van der Waals surface area contributed by atoms with Crippen LogP contribution in [0.4, 0.5) is 0 Å². The van der Waals surface area contributed by atoms with Crippen molar-refractivity contribution >= 4 is 27.3 Å². The Morgan fingerprint density at radius 1 is 1.32 bits per heavy atom. The van der Waals surface area contributed by atoms with Gasteiger partial charge in [-0.2, -0.15) is 0 Å². The monoisotopic (exact) mass is 335 g/mol. The van der Waals surface area contributed by atoms with Crippen molar-refractivity contribution in [3.8, 4) is 10.7 Å². The summed E-state index contributed by atoms with van der Waals surface area (Å²) >= 11 is 5.22. The van der Waals surface area contributed by atoms with Crippen LogP contribution in [0.25, 0.3) is 10.7 Å². The van der Waals surface area contributed by atoms with E-state index in [1.54, 1.807) is 11.3 Å². The standard InChI is InChI=1S/C14H14BrN3S/c15-9-5-12(19-7-9)14-17-11-3-4-16-6-10(11)13(18-14)8-1-2-8/h5,7-8,16H,1-4,6H2. The van der Waals surface area contributed by atoms with E-state index in [1.165, 1.54) is 29.8 Å². The van der Waals surface area contributed by atoms with Crippen LogP contribution in [0.5, 0.6) is 0 Å². The van der Waals surface area contributed by atoms with Crippen molar-refractivity contribution in [1.82, 2.24) is 15.3 Å². The molecule has 19 heavy (non-hydrogen) atoms. The number of hydrogen-bond donors (Lipinski definition) is 1. The fourth-order valence-electron chi connectivity index (χ4n) is 2.60. The average Bonchev–Trinajstić information content (AvgIpc) is 3.19. The number of nitrogens with zero attached hydrogens (tertiary/aromatic N) is 2. The van der Waals surface area contributed by atoms with E-state index in [-0.39, 0.29) is 0 Å². The minimum absolute atomic E-state index is 0.679. The number of fused-ring (bicyclic) bond motifs is 1. The smallest absolute Gasteiger partial charge is 0.169 e. The second-order valence-corrected chi connectivity index (χ2v) is 7.01. The van der Waals surface area contributed by atoms with E-state index in [0.717, 1.165) is 34.7 Å². The molecule has 0 bridgehead atoms. The normalized spacial score (nSPS) is 18.4. The molecule has 4 rings (SSSR count). The van der Waals surface area contributed by atoms with Gasteiger partial charge >= 0.3 is 0 Å². The molecule has 2 aromatic heterocycles. The number of hydrogen-bond acceptors (Lipinski definition) is 4. The zero-order chi connectivity index (χ0) is 12.8. The predicted molar refractivity (Wildman–Crippen MR) is 80.4 cm³/mol. The summed E-state index contributed by atoms with van der Waals surface area (Å²) in [6.45, 7) is 1.97. The summed E-state index contributed by atoms with van der Waals surface area (Å²) in [6.07, 6.45) is 3.60. The SMILES string of the molecule is Brc1csc(-c2nc3c(c(C4CC4)n2)CNCC3)c1. The summed E-state index contributed by atoms with van der Waals surface area (Å²) in [4.78, 5) is 10.8. The Morgan fingerprint density at radius 2 is 2.21 bits per heavy atom. The molecule has 3 nitrogen and oxygen atoms in total. The van der Waals surface area contributed by atoms with Gasteiger partial charge in [-0.1, -0.05) is 0 Å². The van der Waals surface area contributed by atoms with E-state index in [9.17, 15) is 0 Å². The first-order valence-electron chi connectivity index (χ1n) is 6.66. The number of nitrogens with one attached hydrogen (secondary N) is 1. The van der Waals surface area contributed by atoms with Gasteiger partial charge in [0.05, 0.1) is 16.3 Å². The molecule has 1 aliphatic carbocycles. The second-order valence-electron chi connectivity index (χ2n) is 5.19. The maximum absolute atomic E-state index is 4.87. The van der Waals surface area contributed by atoms with Crippen LogP contribution >= 0.6 is 27.3 Å². The molecule has 0 spiro atoms. The van der Waals surface area contributed by atoms with Crippen molar-refractivity contribution in [3.05, 3.63) is 32.9 Å². The molecule has 0 radical (unpaired) electrons. The van der Waals surface area contributed by atoms with Crippen molar-refractivity contribution in [2.24, 2.45) is 0 Å². The van der Waals surface area contributed by atoms with Crippen molar-refractivity contribution in [2.45, 2.75) is 31.7 Å². The quantitative estimate of drug-likeness (QED) is 0.912. The molecule has 3 heterocycles. The lowest BCUT2D eigenvalue weighted by Gasteiger charge is -2.19. The molecule has 2 aliphatic rings. The largest absolute Gasteiger partial charge is 0.312 e. The highest BCUT2D eigenvalue weighted by Crippen LogP contribution is 2.42. The molecule has 0 aromatic carbocycles. The van der Waals surface area contributed by atoms with Gasteiger partial charge in [0.1, 0.15) is 0 Å². The summed E-state index contributed by atoms with van der Waals surface area (Å²) in [5.41, 5.74) is 3.93. The Hall–Kier alpha value is -0.780. The van der Waals surface area contributed by atoms with Crippen LogP contribution in [0.3, 0.4) is 0 Å². The summed E-state index contributed by atoms with van der Waals surface area (Å²) in [5.74, 6) is 1.59. The topological polar surface area (TPSA) is 37.8 Å². The van der Waals surface area contributed by atoms with E-state index in [1.807, 2.05) is 0 Å². The Kier molecular flexibility index (Phi) is 2.94. The van der Waals surface area contributed by atoms with Gasteiger partial charge in [-0.05, 0) is 34.8 Å². The fourth-order valence-corrected chi connectivity index (χ4v) is 3.96. The molecule has 0 amide bonds. The second kappa shape index (κ2) is 4.65. The van der Waals surface area contributed by atoms with Crippen LogP contribution in [0, 0.1) is 0 Å². The van der Waals surface area contributed by atoms with Crippen molar-refractivity contribution < 1.29 is 0 Å². The van der Waals surface area contributed by atoms with E-state index < -0.39 is 0 Å². The number of rotatable bonds is 2. The van der Waals surface area contributed by atoms with Crippen LogP contribution in [-0.2, 0) is 13.0 Å². The molecule has 0 saturated heterocycles. The maximum Gasteiger partial charge on any atom is 0.169 e. The Labute approximate surface area is 124 Å². The summed E-state index contributed by atoms with van der Waals surface area (Å²) in [6, 6.07) is 2.12. The highest BCUT2D eigenvalue weighted by atomic mass is 79.9. The van der Waals surface area contributed by atoms with Gasteiger partial charge in [-0.15, -0.1) is 11.3 Å². The summed E-state index contributed by atoms with van der Waals surface area (Å²) in [7, 11) is 0. The lowest BCUT2D eigenvalue weighted by atomic mass is 10.0. The molecular formula is C14H14BrN3S. The minimum Gasteiger partial charge on any atom is -0.312 e. The molecule has 1 N–H and O–H groups in total. The van der Waals surface area contributed by atoms with Crippen LogP contribution in [-0.4, -0.2) is 16.5 Å². The molecule has 5 heteroatoms. The van der Waals surface area contributed by atoms with Gasteiger partial charge in [0.2, 0.25) is 0 Å². The van der Waals surface area contributed by atoms with Crippen molar-refractivity contribution in [2.75, 3.05) is 6.54 Å². The first kappa shape index (κ1) is 12.0. The van der Waals surface area contributed by atoms with Crippen LogP contribution in [0.15, 0.2) is 15.9 Å². The molecule has 1 saturated carbocycles. The molecule has 2 aromatic rings. The van der Waals surface area contributed by atoms with E-state index in [0.29, 0.717) is 5.92 Å². The van der Waals surface area contributed by atoms with Gasteiger partial charge in [0, 0.05) is 40.8 Å². The van der Waals surface area contributed by atoms with Crippen LogP contribution < -0.4 is 5.32 Å². The maximum atomic E-state index is 4.87. The van der Waals surface area contributed by atoms with Gasteiger partial charge < -0.3 is 5.32 Å². The molecule has 0 unspecified atom stereocenters. The van der Waals surface area contributed by atoms with Crippen molar-refractivity contribution in [3.63, 3.8) is 0 Å². The first-order chi connectivity index (χ1) is 9.31. The Morgan fingerprint density at radius 3 is 2.95 bits per heavy atom. The minimum atomic E-state index is 0.679. The van der Waals surface area contributed by atoms with Gasteiger partial charge in [0.25, 0.3) is 0 Å². The molecular weight excluding hydrogens is 322 g/mol. The predicted octanol–water partition coefficient (Wildman–Crippen LogP) is 3.49. The summed E-state index contributed by atoms with van der Waals surface area (Å²) < 4.78 is 1.11. The molecule has 1 aliphatic heterocycles. The number of halogens is 1. The fraction of sp³-hybridized carbons (Fsp3) is 0.429. The number of thiophene rings is 1. The van der Waals surface area contributed by atoms with E-state index >= 15 is 0 Å². The van der Waals surface area contributed by atoms with Crippen LogP contribution in [0.2, 0.25) is 0 Å². The van der Waals surface area contributed by atoms with E-state index in [4.69, 9.17) is 9.97 Å². The third kappa shape index (κ3) is 2.24. The van der Waals surface area contributed by atoms with Crippen LogP contribution in [0.1, 0.15) is 35.7 Å². The summed E-state index contributed by atoms with van der Waals surface area (Å²) in [5, 5.41) is 5.54. The lowest BCUT2D eigenvalue weighted by molar-refractivity contribution is 0.617. The highest BCUT2D eigenvalue weighted by Gasteiger charge is 2.30. The third-order valence-corrected chi connectivity index (χ3v) is 5.40. The average molecular weight is 336 g/mol. The van der Waals surface area contributed by atoms with Gasteiger partial charge in [-0.3, -0.25) is 0 Å².